The van der Waals surface area contributed by atoms with E-state index in [0.29, 0.717) is 36.8 Å². The lowest BCUT2D eigenvalue weighted by atomic mass is 10.1. The second-order valence-electron chi connectivity index (χ2n) is 6.31. The number of carboxylic acid groups (broad SMARTS) is 1. The van der Waals surface area contributed by atoms with Gasteiger partial charge < -0.3 is 24.6 Å². The minimum absolute atomic E-state index is 0.0173. The number of amides is 1. The highest BCUT2D eigenvalue weighted by atomic mass is 16.5. The normalized spacial score (nSPS) is 10.3. The number of carbonyl (C=O) groups is 2. The molecule has 0 heterocycles. The van der Waals surface area contributed by atoms with Crippen molar-refractivity contribution in [3.05, 3.63) is 48.0 Å². The maximum Gasteiger partial charge on any atom is 0.303 e. The maximum atomic E-state index is 12.3. The topological polar surface area (TPSA) is 94.1 Å². The summed E-state index contributed by atoms with van der Waals surface area (Å²) in [6.07, 6.45) is 1.22. The van der Waals surface area contributed by atoms with Gasteiger partial charge in [-0.3, -0.25) is 9.59 Å². The van der Waals surface area contributed by atoms with E-state index < -0.39 is 5.97 Å². The summed E-state index contributed by atoms with van der Waals surface area (Å²) in [5.41, 5.74) is 1.31. The van der Waals surface area contributed by atoms with Gasteiger partial charge in [0.25, 0.3) is 5.91 Å². The molecule has 2 rings (SSSR count). The van der Waals surface area contributed by atoms with Gasteiger partial charge in [-0.2, -0.15) is 0 Å². The largest absolute Gasteiger partial charge is 0.494 e. The van der Waals surface area contributed by atoms with Crippen molar-refractivity contribution in [2.45, 2.75) is 33.1 Å². The molecule has 0 saturated carbocycles. The van der Waals surface area contributed by atoms with Crippen molar-refractivity contribution in [1.29, 1.82) is 0 Å². The van der Waals surface area contributed by atoms with E-state index in [2.05, 4.69) is 5.32 Å². The second kappa shape index (κ2) is 11.6. The summed E-state index contributed by atoms with van der Waals surface area (Å²) < 4.78 is 16.6. The first-order valence-corrected chi connectivity index (χ1v) is 9.64. The first-order chi connectivity index (χ1) is 14.0. The van der Waals surface area contributed by atoms with E-state index in [-0.39, 0.29) is 18.9 Å². The maximum absolute atomic E-state index is 12.3. The van der Waals surface area contributed by atoms with Crippen molar-refractivity contribution in [3.8, 4) is 17.2 Å². The van der Waals surface area contributed by atoms with Gasteiger partial charge >= 0.3 is 5.97 Å². The van der Waals surface area contributed by atoms with Crippen molar-refractivity contribution in [2.24, 2.45) is 0 Å². The Morgan fingerprint density at radius 2 is 1.66 bits per heavy atom. The Morgan fingerprint density at radius 3 is 2.28 bits per heavy atom. The average Bonchev–Trinajstić information content (AvgIpc) is 2.71. The third kappa shape index (κ3) is 7.73. The van der Waals surface area contributed by atoms with E-state index in [1.807, 2.05) is 13.8 Å². The molecule has 0 bridgehead atoms. The zero-order valence-electron chi connectivity index (χ0n) is 16.8. The van der Waals surface area contributed by atoms with Crippen molar-refractivity contribution in [3.63, 3.8) is 0 Å². The van der Waals surface area contributed by atoms with Gasteiger partial charge in [-0.1, -0.05) is 13.0 Å². The molecule has 0 spiro atoms. The van der Waals surface area contributed by atoms with Crippen LogP contribution in [-0.2, 0) is 16.0 Å². The molecule has 0 fully saturated rings. The lowest BCUT2D eigenvalue weighted by Crippen LogP contribution is -2.20. The lowest BCUT2D eigenvalue weighted by Gasteiger charge is -2.14. The molecule has 0 unspecified atom stereocenters. The van der Waals surface area contributed by atoms with Crippen molar-refractivity contribution in [1.82, 2.24) is 0 Å². The van der Waals surface area contributed by atoms with E-state index in [1.165, 1.54) is 0 Å². The van der Waals surface area contributed by atoms with Crippen molar-refractivity contribution >= 4 is 17.6 Å². The highest BCUT2D eigenvalue weighted by molar-refractivity contribution is 5.93. The molecule has 2 aromatic rings. The molecular formula is C22H27NO6. The molecule has 7 heteroatoms. The van der Waals surface area contributed by atoms with Crippen LogP contribution < -0.4 is 19.5 Å². The van der Waals surface area contributed by atoms with Gasteiger partial charge in [-0.05, 0) is 61.7 Å². The zero-order valence-corrected chi connectivity index (χ0v) is 16.8. The molecule has 2 N–H and O–H groups in total. The van der Waals surface area contributed by atoms with Crippen LogP contribution in [0.4, 0.5) is 5.69 Å². The van der Waals surface area contributed by atoms with Crippen molar-refractivity contribution in [2.75, 3.05) is 25.1 Å². The predicted octanol–water partition coefficient (Wildman–Crippen LogP) is 3.91. The van der Waals surface area contributed by atoms with E-state index in [4.69, 9.17) is 19.3 Å². The fourth-order valence-corrected chi connectivity index (χ4v) is 2.55. The molecule has 29 heavy (non-hydrogen) atoms. The van der Waals surface area contributed by atoms with Gasteiger partial charge in [0, 0.05) is 6.42 Å². The van der Waals surface area contributed by atoms with Crippen LogP contribution in [0, 0.1) is 0 Å². The minimum atomic E-state index is -0.870. The minimum Gasteiger partial charge on any atom is -0.494 e. The number of nitrogens with one attached hydrogen (secondary N) is 1. The summed E-state index contributed by atoms with van der Waals surface area (Å²) >= 11 is 0. The molecule has 0 aliphatic carbocycles. The molecule has 7 nitrogen and oxygen atoms in total. The number of hydrogen-bond donors (Lipinski definition) is 2. The number of hydrogen-bond acceptors (Lipinski definition) is 5. The zero-order chi connectivity index (χ0) is 21.1. The van der Waals surface area contributed by atoms with E-state index >= 15 is 0 Å². The Hall–Kier alpha value is -3.22. The Labute approximate surface area is 170 Å². The Morgan fingerprint density at radius 1 is 0.966 bits per heavy atom. The SMILES string of the molecule is CCCOc1ccc(CCC(=O)O)cc1NC(=O)COc1ccc(OCC)cc1. The van der Waals surface area contributed by atoms with Gasteiger partial charge in [0.2, 0.25) is 0 Å². The number of carbonyl (C=O) groups excluding carboxylic acids is 1. The molecule has 0 aliphatic rings. The number of aliphatic carboxylic acids is 1. The number of aryl methyl sites for hydroxylation is 1. The summed E-state index contributed by atoms with van der Waals surface area (Å²) in [7, 11) is 0. The number of rotatable bonds is 12. The lowest BCUT2D eigenvalue weighted by molar-refractivity contribution is -0.137. The number of anilines is 1. The summed E-state index contributed by atoms with van der Waals surface area (Å²) in [5.74, 6) is 0.628. The monoisotopic (exact) mass is 401 g/mol. The molecule has 0 radical (unpaired) electrons. The molecule has 1 amide bonds. The first kappa shape index (κ1) is 22.1. The molecule has 2 aromatic carbocycles. The summed E-state index contributed by atoms with van der Waals surface area (Å²) in [6, 6.07) is 12.3. The fourth-order valence-electron chi connectivity index (χ4n) is 2.55. The first-order valence-electron chi connectivity index (χ1n) is 9.64. The van der Waals surface area contributed by atoms with Crippen LogP contribution in [-0.4, -0.2) is 36.8 Å². The number of carboxylic acids is 1. The van der Waals surface area contributed by atoms with Crippen LogP contribution in [0.15, 0.2) is 42.5 Å². The average molecular weight is 401 g/mol. The van der Waals surface area contributed by atoms with Crippen molar-refractivity contribution < 1.29 is 28.9 Å². The standard InChI is InChI=1S/C22H27NO6/c1-3-13-28-20-11-5-16(6-12-22(25)26)14-19(20)23-21(24)15-29-18-9-7-17(8-10-18)27-4-2/h5,7-11,14H,3-4,6,12-13,15H2,1-2H3,(H,23,24)(H,25,26). The summed E-state index contributed by atoms with van der Waals surface area (Å²) in [6.45, 7) is 4.82. The van der Waals surface area contributed by atoms with Gasteiger partial charge in [0.05, 0.1) is 18.9 Å². The highest BCUT2D eigenvalue weighted by Gasteiger charge is 2.11. The third-order valence-electron chi connectivity index (χ3n) is 3.91. The Kier molecular flexibility index (Phi) is 8.82. The van der Waals surface area contributed by atoms with Crippen LogP contribution in [0.1, 0.15) is 32.3 Å². The molecule has 0 atom stereocenters. The number of benzene rings is 2. The summed E-state index contributed by atoms with van der Waals surface area (Å²) in [4.78, 5) is 23.2. The quantitative estimate of drug-likeness (QED) is 0.560. The smallest absolute Gasteiger partial charge is 0.303 e. The van der Waals surface area contributed by atoms with Gasteiger partial charge in [-0.15, -0.1) is 0 Å². The van der Waals surface area contributed by atoms with Gasteiger partial charge in [0.1, 0.15) is 17.2 Å². The van der Waals surface area contributed by atoms with Crippen LogP contribution in [0.5, 0.6) is 17.2 Å². The molecule has 0 saturated heterocycles. The second-order valence-corrected chi connectivity index (χ2v) is 6.31. The highest BCUT2D eigenvalue weighted by Crippen LogP contribution is 2.27. The predicted molar refractivity (Wildman–Crippen MR) is 110 cm³/mol. The number of ether oxygens (including phenoxy) is 3. The van der Waals surface area contributed by atoms with E-state index in [0.717, 1.165) is 17.7 Å². The van der Waals surface area contributed by atoms with Gasteiger partial charge in [0.15, 0.2) is 6.61 Å². The summed E-state index contributed by atoms with van der Waals surface area (Å²) in [5, 5.41) is 11.7. The third-order valence-corrected chi connectivity index (χ3v) is 3.91. The molecule has 0 aliphatic heterocycles. The van der Waals surface area contributed by atoms with Crippen LogP contribution in [0.2, 0.25) is 0 Å². The van der Waals surface area contributed by atoms with E-state index in [9.17, 15) is 9.59 Å². The molecule has 156 valence electrons. The Bertz CT molecular complexity index is 803. The Balaban J connectivity index is 1.99. The van der Waals surface area contributed by atoms with Gasteiger partial charge in [-0.25, -0.2) is 0 Å². The van der Waals surface area contributed by atoms with Crippen LogP contribution in [0.3, 0.4) is 0 Å². The fraction of sp³-hybridized carbons (Fsp3) is 0.364. The molecule has 0 aromatic heterocycles. The van der Waals surface area contributed by atoms with Crippen LogP contribution >= 0.6 is 0 Å². The molecular weight excluding hydrogens is 374 g/mol. The van der Waals surface area contributed by atoms with E-state index in [1.54, 1.807) is 42.5 Å². The van der Waals surface area contributed by atoms with Crippen LogP contribution in [0.25, 0.3) is 0 Å².